The number of rotatable bonds is 5. The van der Waals surface area contributed by atoms with Crippen LogP contribution in [0.1, 0.15) is 17.3 Å². The van der Waals surface area contributed by atoms with E-state index in [9.17, 15) is 4.79 Å². The lowest BCUT2D eigenvalue weighted by molar-refractivity contribution is 0.0526. The Balaban J connectivity index is 2.18. The van der Waals surface area contributed by atoms with Crippen molar-refractivity contribution in [2.24, 2.45) is 0 Å². The van der Waals surface area contributed by atoms with Gasteiger partial charge in [0.25, 0.3) is 0 Å². The summed E-state index contributed by atoms with van der Waals surface area (Å²) in [6, 6.07) is 6.70. The number of benzene rings is 1. The quantitative estimate of drug-likeness (QED) is 0.827. The number of halogens is 1. The summed E-state index contributed by atoms with van der Waals surface area (Å²) in [7, 11) is 1.77. The summed E-state index contributed by atoms with van der Waals surface area (Å²) in [5.74, 6) is 0.686. The zero-order valence-corrected chi connectivity index (χ0v) is 12.4. The van der Waals surface area contributed by atoms with Crippen molar-refractivity contribution in [3.63, 3.8) is 0 Å². The van der Waals surface area contributed by atoms with E-state index >= 15 is 0 Å². The Hall–Kier alpha value is -2.34. The van der Waals surface area contributed by atoms with Crippen molar-refractivity contribution in [1.82, 2.24) is 9.97 Å². The van der Waals surface area contributed by atoms with Crippen molar-refractivity contribution < 1.29 is 9.53 Å². The third-order valence-electron chi connectivity index (χ3n) is 2.63. The molecule has 0 bridgehead atoms. The highest BCUT2D eigenvalue weighted by Gasteiger charge is 2.12. The smallest absolute Gasteiger partial charge is 0.339 e. The summed E-state index contributed by atoms with van der Waals surface area (Å²) in [6.45, 7) is 2.05. The van der Waals surface area contributed by atoms with Crippen LogP contribution in [0, 0.1) is 0 Å². The van der Waals surface area contributed by atoms with Gasteiger partial charge in [-0.1, -0.05) is 11.6 Å². The Labute approximate surface area is 127 Å². The van der Waals surface area contributed by atoms with Crippen LogP contribution in [0.3, 0.4) is 0 Å². The van der Waals surface area contributed by atoms with Crippen molar-refractivity contribution in [3.8, 4) is 0 Å². The van der Waals surface area contributed by atoms with Crippen LogP contribution in [-0.4, -0.2) is 29.6 Å². The summed E-state index contributed by atoms with van der Waals surface area (Å²) in [4.78, 5) is 20.0. The van der Waals surface area contributed by atoms with Gasteiger partial charge in [-0.05, 0) is 31.2 Å². The van der Waals surface area contributed by atoms with E-state index in [4.69, 9.17) is 16.3 Å². The number of ether oxygens (including phenoxy) is 1. The molecule has 21 heavy (non-hydrogen) atoms. The standard InChI is InChI=1S/C14H15ClN4O2/c1-3-21-13(20)10-5-4-9(8-11(10)15)18-14-17-7-6-12(16-2)19-14/h4-8H,3H2,1-2H3,(H2,16,17,18,19). The molecule has 110 valence electrons. The molecule has 0 atom stereocenters. The van der Waals surface area contributed by atoms with Crippen molar-refractivity contribution in [1.29, 1.82) is 0 Å². The van der Waals surface area contributed by atoms with Crippen LogP contribution in [-0.2, 0) is 4.74 Å². The second-order valence-electron chi connectivity index (χ2n) is 4.06. The first-order valence-corrected chi connectivity index (χ1v) is 6.76. The Morgan fingerprint density at radius 2 is 2.19 bits per heavy atom. The van der Waals surface area contributed by atoms with Crippen LogP contribution in [0.4, 0.5) is 17.5 Å². The van der Waals surface area contributed by atoms with E-state index in [-0.39, 0.29) is 0 Å². The average Bonchev–Trinajstić information content (AvgIpc) is 2.47. The highest BCUT2D eigenvalue weighted by atomic mass is 35.5. The van der Waals surface area contributed by atoms with E-state index in [2.05, 4.69) is 20.6 Å². The van der Waals surface area contributed by atoms with Gasteiger partial charge in [0.2, 0.25) is 5.95 Å². The number of hydrogen-bond donors (Lipinski definition) is 2. The van der Waals surface area contributed by atoms with Gasteiger partial charge in [-0.2, -0.15) is 4.98 Å². The summed E-state index contributed by atoms with van der Waals surface area (Å²) in [6.07, 6.45) is 1.63. The molecule has 7 heteroatoms. The highest BCUT2D eigenvalue weighted by Crippen LogP contribution is 2.23. The predicted octanol–water partition coefficient (Wildman–Crippen LogP) is 3.09. The molecular weight excluding hydrogens is 292 g/mol. The molecule has 2 N–H and O–H groups in total. The largest absolute Gasteiger partial charge is 0.462 e. The number of anilines is 3. The average molecular weight is 307 g/mol. The Morgan fingerprint density at radius 3 is 2.86 bits per heavy atom. The normalized spacial score (nSPS) is 10.0. The van der Waals surface area contributed by atoms with E-state index in [1.165, 1.54) is 0 Å². The number of nitrogens with zero attached hydrogens (tertiary/aromatic N) is 2. The van der Waals surface area contributed by atoms with Crippen molar-refractivity contribution >= 4 is 35.0 Å². The van der Waals surface area contributed by atoms with Crippen molar-refractivity contribution in [2.75, 3.05) is 24.3 Å². The van der Waals surface area contributed by atoms with Gasteiger partial charge in [-0.25, -0.2) is 9.78 Å². The molecule has 0 saturated heterocycles. The van der Waals surface area contributed by atoms with Crippen LogP contribution in [0.15, 0.2) is 30.5 Å². The molecule has 2 rings (SSSR count). The molecule has 0 fully saturated rings. The van der Waals surface area contributed by atoms with E-state index < -0.39 is 5.97 Å². The number of esters is 1. The summed E-state index contributed by atoms with van der Waals surface area (Å²) >= 11 is 6.09. The van der Waals surface area contributed by atoms with Gasteiger partial charge in [0, 0.05) is 18.9 Å². The van der Waals surface area contributed by atoms with E-state index in [1.54, 1.807) is 44.4 Å². The molecular formula is C14H15ClN4O2. The first-order chi connectivity index (χ1) is 10.1. The van der Waals surface area contributed by atoms with Crippen molar-refractivity contribution in [2.45, 2.75) is 6.92 Å². The van der Waals surface area contributed by atoms with Gasteiger partial charge >= 0.3 is 5.97 Å². The van der Waals surface area contributed by atoms with Crippen LogP contribution < -0.4 is 10.6 Å². The minimum absolute atomic E-state index is 0.305. The number of aromatic nitrogens is 2. The minimum Gasteiger partial charge on any atom is -0.462 e. The number of nitrogens with one attached hydrogen (secondary N) is 2. The molecule has 0 aliphatic heterocycles. The van der Waals surface area contributed by atoms with E-state index in [1.807, 2.05) is 0 Å². The van der Waals surface area contributed by atoms with Gasteiger partial charge in [0.15, 0.2) is 0 Å². The fraction of sp³-hybridized carbons (Fsp3) is 0.214. The molecule has 0 amide bonds. The third-order valence-corrected chi connectivity index (χ3v) is 2.94. The minimum atomic E-state index is -0.442. The fourth-order valence-corrected chi connectivity index (χ4v) is 1.91. The topological polar surface area (TPSA) is 76.1 Å². The molecule has 2 aromatic rings. The number of carbonyl (C=O) groups excluding carboxylic acids is 1. The molecule has 0 saturated carbocycles. The molecule has 1 aromatic carbocycles. The zero-order chi connectivity index (χ0) is 15.2. The lowest BCUT2D eigenvalue weighted by atomic mass is 10.2. The predicted molar refractivity (Wildman–Crippen MR) is 82.3 cm³/mol. The molecule has 1 heterocycles. The Morgan fingerprint density at radius 1 is 1.38 bits per heavy atom. The van der Waals surface area contributed by atoms with Crippen LogP contribution >= 0.6 is 11.6 Å². The van der Waals surface area contributed by atoms with E-state index in [0.717, 1.165) is 0 Å². The summed E-state index contributed by atoms with van der Waals surface area (Å²) < 4.78 is 4.92. The molecule has 0 aliphatic rings. The van der Waals surface area contributed by atoms with E-state index in [0.29, 0.717) is 34.6 Å². The maximum Gasteiger partial charge on any atom is 0.339 e. The summed E-state index contributed by atoms with van der Waals surface area (Å²) in [5.41, 5.74) is 1.01. The Bertz CT molecular complexity index is 649. The second kappa shape index (κ2) is 6.90. The van der Waals surface area contributed by atoms with Gasteiger partial charge in [0.05, 0.1) is 17.2 Å². The number of hydrogen-bond acceptors (Lipinski definition) is 6. The molecule has 0 unspecified atom stereocenters. The third kappa shape index (κ3) is 3.82. The maximum absolute atomic E-state index is 11.7. The van der Waals surface area contributed by atoms with Gasteiger partial charge < -0.3 is 15.4 Å². The van der Waals surface area contributed by atoms with Crippen LogP contribution in [0.2, 0.25) is 5.02 Å². The maximum atomic E-state index is 11.7. The lowest BCUT2D eigenvalue weighted by Gasteiger charge is -2.09. The molecule has 0 aliphatic carbocycles. The van der Waals surface area contributed by atoms with Gasteiger partial charge in [0.1, 0.15) is 5.82 Å². The lowest BCUT2D eigenvalue weighted by Crippen LogP contribution is -2.06. The Kier molecular flexibility index (Phi) is 4.94. The van der Waals surface area contributed by atoms with Crippen LogP contribution in [0.5, 0.6) is 0 Å². The number of carbonyl (C=O) groups is 1. The molecule has 6 nitrogen and oxygen atoms in total. The zero-order valence-electron chi connectivity index (χ0n) is 11.7. The fourth-order valence-electron chi connectivity index (χ4n) is 1.65. The van der Waals surface area contributed by atoms with Crippen molar-refractivity contribution in [3.05, 3.63) is 41.0 Å². The summed E-state index contributed by atoms with van der Waals surface area (Å²) in [5, 5.41) is 6.25. The highest BCUT2D eigenvalue weighted by molar-refractivity contribution is 6.33. The van der Waals surface area contributed by atoms with Gasteiger partial charge in [-0.15, -0.1) is 0 Å². The second-order valence-corrected chi connectivity index (χ2v) is 4.46. The molecule has 0 radical (unpaired) electrons. The first kappa shape index (κ1) is 15.1. The molecule has 0 spiro atoms. The molecule has 1 aromatic heterocycles. The SMILES string of the molecule is CCOC(=O)c1ccc(Nc2nccc(NC)n2)cc1Cl. The van der Waals surface area contributed by atoms with Crippen LogP contribution in [0.25, 0.3) is 0 Å². The van der Waals surface area contributed by atoms with Gasteiger partial charge in [-0.3, -0.25) is 0 Å². The first-order valence-electron chi connectivity index (χ1n) is 6.38. The monoisotopic (exact) mass is 306 g/mol.